The molecule has 0 aromatic rings. The average molecular weight is 272 g/mol. The highest BCUT2D eigenvalue weighted by Crippen LogP contribution is 2.16. The molecule has 1 aliphatic rings. The van der Waals surface area contributed by atoms with Crippen LogP contribution in [0.5, 0.6) is 0 Å². The van der Waals surface area contributed by atoms with Gasteiger partial charge in [0.25, 0.3) is 0 Å². The van der Waals surface area contributed by atoms with Gasteiger partial charge in [0.15, 0.2) is 0 Å². The number of hydrogen-bond donors (Lipinski definition) is 1. The second kappa shape index (κ2) is 7.33. The van der Waals surface area contributed by atoms with Crippen LogP contribution in [0.25, 0.3) is 0 Å². The Kier molecular flexibility index (Phi) is 6.08. The smallest absolute Gasteiger partial charge is 0.323 e. The molecule has 1 saturated heterocycles. The van der Waals surface area contributed by atoms with Crippen molar-refractivity contribution in [1.29, 1.82) is 0 Å². The molecule has 1 fully saturated rings. The van der Waals surface area contributed by atoms with Crippen molar-refractivity contribution >= 4 is 12.0 Å². The van der Waals surface area contributed by atoms with Crippen molar-refractivity contribution in [2.24, 2.45) is 5.92 Å². The molecule has 0 aromatic carbocycles. The summed E-state index contributed by atoms with van der Waals surface area (Å²) in [5.74, 6) is -0.539. The number of carboxylic acid groups (broad SMARTS) is 1. The number of rotatable bonds is 5. The Morgan fingerprint density at radius 1 is 1.32 bits per heavy atom. The summed E-state index contributed by atoms with van der Waals surface area (Å²) in [7, 11) is 1.73. The number of hydrogen-bond acceptors (Lipinski definition) is 3. The summed E-state index contributed by atoms with van der Waals surface area (Å²) in [6.07, 6.45) is 1.91. The van der Waals surface area contributed by atoms with E-state index >= 15 is 0 Å². The van der Waals surface area contributed by atoms with E-state index in [1.807, 2.05) is 13.8 Å². The summed E-state index contributed by atoms with van der Waals surface area (Å²) in [6.45, 7) is 5.54. The molecule has 0 atom stereocenters. The minimum Gasteiger partial charge on any atom is -0.480 e. The van der Waals surface area contributed by atoms with Gasteiger partial charge in [0.2, 0.25) is 0 Å². The van der Waals surface area contributed by atoms with Crippen LogP contribution in [0.15, 0.2) is 0 Å². The Morgan fingerprint density at radius 2 is 1.89 bits per heavy atom. The van der Waals surface area contributed by atoms with Crippen LogP contribution >= 0.6 is 0 Å². The maximum atomic E-state index is 12.3. The van der Waals surface area contributed by atoms with E-state index in [9.17, 15) is 9.59 Å². The lowest BCUT2D eigenvalue weighted by atomic mass is 10.00. The van der Waals surface area contributed by atoms with Gasteiger partial charge in [-0.3, -0.25) is 4.79 Å². The van der Waals surface area contributed by atoms with Crippen LogP contribution in [-0.4, -0.2) is 66.3 Å². The van der Waals surface area contributed by atoms with Crippen LogP contribution < -0.4 is 0 Å². The van der Waals surface area contributed by atoms with Gasteiger partial charge in [0.05, 0.1) is 0 Å². The minimum atomic E-state index is -0.985. The van der Waals surface area contributed by atoms with Crippen LogP contribution in [0.4, 0.5) is 4.79 Å². The van der Waals surface area contributed by atoms with E-state index in [4.69, 9.17) is 9.84 Å². The normalized spacial score (nSPS) is 16.4. The van der Waals surface area contributed by atoms with Crippen molar-refractivity contribution < 1.29 is 19.4 Å². The van der Waals surface area contributed by atoms with Gasteiger partial charge in [0.1, 0.15) is 6.54 Å². The first-order valence-electron chi connectivity index (χ1n) is 6.73. The van der Waals surface area contributed by atoms with Gasteiger partial charge in [-0.15, -0.1) is 0 Å². The quantitative estimate of drug-likeness (QED) is 0.818. The molecule has 0 aliphatic carbocycles. The molecule has 1 N–H and O–H groups in total. The third kappa shape index (κ3) is 5.06. The van der Waals surface area contributed by atoms with Crippen molar-refractivity contribution in [3.8, 4) is 0 Å². The Balaban J connectivity index is 2.54. The first-order valence-corrected chi connectivity index (χ1v) is 6.73. The lowest BCUT2D eigenvalue weighted by Gasteiger charge is -2.33. The molecular weight excluding hydrogens is 248 g/mol. The SMILES string of the molecule is CC(C)N(CC(=O)O)C(=O)N(C)CC1CCOCC1. The topological polar surface area (TPSA) is 70.1 Å². The number of aliphatic carboxylic acids is 1. The highest BCUT2D eigenvalue weighted by molar-refractivity contribution is 5.80. The van der Waals surface area contributed by atoms with Crippen LogP contribution in [-0.2, 0) is 9.53 Å². The van der Waals surface area contributed by atoms with Gasteiger partial charge < -0.3 is 19.6 Å². The third-order valence-corrected chi connectivity index (χ3v) is 3.37. The lowest BCUT2D eigenvalue weighted by Crippen LogP contribution is -2.48. The molecule has 0 bridgehead atoms. The summed E-state index contributed by atoms with van der Waals surface area (Å²) >= 11 is 0. The van der Waals surface area contributed by atoms with Crippen LogP contribution in [0.3, 0.4) is 0 Å². The van der Waals surface area contributed by atoms with Crippen LogP contribution in [0.2, 0.25) is 0 Å². The molecule has 1 heterocycles. The van der Waals surface area contributed by atoms with E-state index in [0.717, 1.165) is 26.1 Å². The largest absolute Gasteiger partial charge is 0.480 e. The van der Waals surface area contributed by atoms with E-state index < -0.39 is 5.97 Å². The number of carboxylic acids is 1. The van der Waals surface area contributed by atoms with Gasteiger partial charge in [-0.1, -0.05) is 0 Å². The minimum absolute atomic E-state index is 0.124. The predicted molar refractivity (Wildman–Crippen MR) is 71.0 cm³/mol. The zero-order chi connectivity index (χ0) is 14.4. The van der Waals surface area contributed by atoms with Gasteiger partial charge in [-0.05, 0) is 32.6 Å². The lowest BCUT2D eigenvalue weighted by molar-refractivity contribution is -0.138. The van der Waals surface area contributed by atoms with Crippen molar-refractivity contribution in [3.63, 3.8) is 0 Å². The van der Waals surface area contributed by atoms with Crippen molar-refractivity contribution in [3.05, 3.63) is 0 Å². The number of carbonyl (C=O) groups is 2. The second-order valence-electron chi connectivity index (χ2n) is 5.33. The van der Waals surface area contributed by atoms with Gasteiger partial charge in [-0.2, -0.15) is 0 Å². The number of urea groups is 1. The third-order valence-electron chi connectivity index (χ3n) is 3.37. The Hall–Kier alpha value is -1.30. The monoisotopic (exact) mass is 272 g/mol. The summed E-state index contributed by atoms with van der Waals surface area (Å²) < 4.78 is 5.29. The molecule has 19 heavy (non-hydrogen) atoms. The molecule has 0 saturated carbocycles. The fraction of sp³-hybridized carbons (Fsp3) is 0.846. The summed E-state index contributed by atoms with van der Waals surface area (Å²) in [5.41, 5.74) is 0. The number of carbonyl (C=O) groups excluding carboxylic acids is 1. The molecular formula is C13H24N2O4. The maximum absolute atomic E-state index is 12.3. The molecule has 0 aromatic heterocycles. The van der Waals surface area contributed by atoms with Crippen molar-refractivity contribution in [2.75, 3.05) is 33.4 Å². The Morgan fingerprint density at radius 3 is 2.37 bits per heavy atom. The number of amides is 2. The molecule has 6 nitrogen and oxygen atoms in total. The molecule has 110 valence electrons. The zero-order valence-electron chi connectivity index (χ0n) is 12.0. The van der Waals surface area contributed by atoms with Gasteiger partial charge >= 0.3 is 12.0 Å². The second-order valence-corrected chi connectivity index (χ2v) is 5.33. The highest BCUT2D eigenvalue weighted by Gasteiger charge is 2.25. The van der Waals surface area contributed by atoms with Crippen LogP contribution in [0.1, 0.15) is 26.7 Å². The fourth-order valence-corrected chi connectivity index (χ4v) is 2.23. The molecule has 0 spiro atoms. The molecule has 1 aliphatic heterocycles. The molecule has 6 heteroatoms. The number of ether oxygens (including phenoxy) is 1. The van der Waals surface area contributed by atoms with Crippen molar-refractivity contribution in [1.82, 2.24) is 9.80 Å². The molecule has 0 radical (unpaired) electrons. The fourth-order valence-electron chi connectivity index (χ4n) is 2.23. The summed E-state index contributed by atoms with van der Waals surface area (Å²) in [6, 6.07) is -0.343. The van der Waals surface area contributed by atoms with E-state index in [1.165, 1.54) is 4.90 Å². The predicted octanol–water partition coefficient (Wildman–Crippen LogP) is 1.26. The summed E-state index contributed by atoms with van der Waals surface area (Å²) in [4.78, 5) is 26.1. The van der Waals surface area contributed by atoms with Crippen molar-refractivity contribution in [2.45, 2.75) is 32.7 Å². The summed E-state index contributed by atoms with van der Waals surface area (Å²) in [5, 5.41) is 8.86. The first-order chi connectivity index (χ1) is 8.91. The van der Waals surface area contributed by atoms with E-state index in [2.05, 4.69) is 0 Å². The molecule has 1 rings (SSSR count). The average Bonchev–Trinajstić information content (AvgIpc) is 2.35. The zero-order valence-corrected chi connectivity index (χ0v) is 12.0. The Labute approximate surface area is 114 Å². The van der Waals surface area contributed by atoms with Crippen LogP contribution in [0, 0.1) is 5.92 Å². The first kappa shape index (κ1) is 15.8. The Bertz CT molecular complexity index is 314. The van der Waals surface area contributed by atoms with Gasteiger partial charge in [-0.25, -0.2) is 4.79 Å². The molecule has 2 amide bonds. The van der Waals surface area contributed by atoms with E-state index in [1.54, 1.807) is 11.9 Å². The van der Waals surface area contributed by atoms with Gasteiger partial charge in [0, 0.05) is 32.8 Å². The van der Waals surface area contributed by atoms with E-state index in [0.29, 0.717) is 12.5 Å². The molecule has 0 unspecified atom stereocenters. The highest BCUT2D eigenvalue weighted by atomic mass is 16.5. The maximum Gasteiger partial charge on any atom is 0.323 e. The number of nitrogens with zero attached hydrogens (tertiary/aromatic N) is 2. The standard InChI is InChI=1S/C13H24N2O4/c1-10(2)15(9-12(16)17)13(18)14(3)8-11-4-6-19-7-5-11/h10-11H,4-9H2,1-3H3,(H,16,17). The van der Waals surface area contributed by atoms with E-state index in [-0.39, 0.29) is 18.6 Å².